The van der Waals surface area contributed by atoms with Crippen molar-refractivity contribution in [1.82, 2.24) is 0 Å². The molecule has 0 bridgehead atoms. The Morgan fingerprint density at radius 1 is 1.17 bits per heavy atom. The largest absolute Gasteiger partial charge is 0.497 e. The molecular formula is C19H25N3O. The molecule has 4 heteroatoms. The Balaban J connectivity index is 1.91. The van der Waals surface area contributed by atoms with E-state index in [9.17, 15) is 0 Å². The Morgan fingerprint density at radius 3 is 2.70 bits per heavy atom. The van der Waals surface area contributed by atoms with Gasteiger partial charge in [0.25, 0.3) is 0 Å². The minimum atomic E-state index is 0.439. The molecule has 23 heavy (non-hydrogen) atoms. The molecule has 0 fully saturated rings. The predicted octanol–water partition coefficient (Wildman–Crippen LogP) is 3.79. The molecule has 4 nitrogen and oxygen atoms in total. The van der Waals surface area contributed by atoms with Crippen molar-refractivity contribution in [2.45, 2.75) is 26.2 Å². The summed E-state index contributed by atoms with van der Waals surface area (Å²) in [5.74, 6) is 1.79. The number of anilines is 1. The Morgan fingerprint density at radius 2 is 1.96 bits per heavy atom. The van der Waals surface area contributed by atoms with Crippen molar-refractivity contribution in [2.75, 3.05) is 19.0 Å². The smallest absolute Gasteiger partial charge is 0.193 e. The van der Waals surface area contributed by atoms with Crippen LogP contribution in [0.25, 0.3) is 0 Å². The van der Waals surface area contributed by atoms with Gasteiger partial charge in [-0.1, -0.05) is 38.1 Å². The van der Waals surface area contributed by atoms with E-state index >= 15 is 0 Å². The van der Waals surface area contributed by atoms with Gasteiger partial charge in [0.1, 0.15) is 5.75 Å². The van der Waals surface area contributed by atoms with Crippen molar-refractivity contribution >= 4 is 11.6 Å². The van der Waals surface area contributed by atoms with Crippen molar-refractivity contribution in [3.63, 3.8) is 0 Å². The van der Waals surface area contributed by atoms with Crippen LogP contribution >= 0.6 is 0 Å². The van der Waals surface area contributed by atoms with Crippen LogP contribution in [0.3, 0.4) is 0 Å². The lowest BCUT2D eigenvalue weighted by atomic mass is 10.0. The molecule has 0 spiro atoms. The van der Waals surface area contributed by atoms with Crippen LogP contribution in [0.5, 0.6) is 5.75 Å². The molecule has 0 radical (unpaired) electrons. The molecule has 122 valence electrons. The number of aliphatic imine (C=N–C) groups is 1. The van der Waals surface area contributed by atoms with Gasteiger partial charge in [0.2, 0.25) is 0 Å². The van der Waals surface area contributed by atoms with Crippen molar-refractivity contribution in [3.8, 4) is 5.75 Å². The lowest BCUT2D eigenvalue weighted by Gasteiger charge is -2.10. The molecule has 0 aliphatic heterocycles. The number of hydrogen-bond acceptors (Lipinski definition) is 2. The summed E-state index contributed by atoms with van der Waals surface area (Å²) in [5.41, 5.74) is 9.40. The zero-order valence-electron chi connectivity index (χ0n) is 14.0. The van der Waals surface area contributed by atoms with Gasteiger partial charge in [-0.05, 0) is 47.7 Å². The number of guanidine groups is 1. The third-order valence-corrected chi connectivity index (χ3v) is 3.64. The fourth-order valence-corrected chi connectivity index (χ4v) is 2.30. The van der Waals surface area contributed by atoms with Gasteiger partial charge >= 0.3 is 0 Å². The van der Waals surface area contributed by atoms with Crippen molar-refractivity contribution in [1.29, 1.82) is 0 Å². The second-order valence-corrected chi connectivity index (χ2v) is 5.77. The lowest BCUT2D eigenvalue weighted by molar-refractivity contribution is 0.414. The molecule has 0 amide bonds. The molecule has 0 unspecified atom stereocenters. The number of rotatable bonds is 6. The topological polar surface area (TPSA) is 59.6 Å². The SMILES string of the molecule is COc1cccc(CCN=C(N)Nc2cccc(C(C)C)c2)c1. The molecule has 2 aromatic rings. The van der Waals surface area contributed by atoms with E-state index in [2.05, 4.69) is 42.4 Å². The number of nitrogens with zero attached hydrogens (tertiary/aromatic N) is 1. The summed E-state index contributed by atoms with van der Waals surface area (Å²) in [5, 5.41) is 3.15. The van der Waals surface area contributed by atoms with Crippen LogP contribution in [0.15, 0.2) is 53.5 Å². The van der Waals surface area contributed by atoms with Crippen LogP contribution in [-0.2, 0) is 6.42 Å². The summed E-state index contributed by atoms with van der Waals surface area (Å²) in [7, 11) is 1.67. The zero-order valence-corrected chi connectivity index (χ0v) is 14.0. The summed E-state index contributed by atoms with van der Waals surface area (Å²) in [6.07, 6.45) is 0.825. The first kappa shape index (κ1) is 16.9. The van der Waals surface area contributed by atoms with E-state index in [0.29, 0.717) is 18.4 Å². The third kappa shape index (κ3) is 5.33. The maximum Gasteiger partial charge on any atom is 0.193 e. The van der Waals surface area contributed by atoms with Crippen LogP contribution < -0.4 is 15.8 Å². The highest BCUT2D eigenvalue weighted by atomic mass is 16.5. The first-order valence-corrected chi connectivity index (χ1v) is 7.88. The minimum absolute atomic E-state index is 0.439. The first-order valence-electron chi connectivity index (χ1n) is 7.88. The van der Waals surface area contributed by atoms with E-state index in [0.717, 1.165) is 17.9 Å². The molecule has 0 atom stereocenters. The van der Waals surface area contributed by atoms with Gasteiger partial charge in [-0.3, -0.25) is 4.99 Å². The summed E-state index contributed by atoms with van der Waals surface area (Å²) in [6, 6.07) is 16.2. The normalized spacial score (nSPS) is 11.6. The van der Waals surface area contributed by atoms with E-state index in [1.54, 1.807) is 7.11 Å². The monoisotopic (exact) mass is 311 g/mol. The van der Waals surface area contributed by atoms with Crippen LogP contribution in [0.2, 0.25) is 0 Å². The number of ether oxygens (including phenoxy) is 1. The Bertz CT molecular complexity index is 665. The maximum absolute atomic E-state index is 5.97. The molecular weight excluding hydrogens is 286 g/mol. The van der Waals surface area contributed by atoms with Crippen molar-refractivity contribution in [3.05, 3.63) is 59.7 Å². The lowest BCUT2D eigenvalue weighted by Crippen LogP contribution is -2.23. The molecule has 2 aromatic carbocycles. The first-order chi connectivity index (χ1) is 11.1. The van der Waals surface area contributed by atoms with Crippen LogP contribution in [0, 0.1) is 0 Å². The van der Waals surface area contributed by atoms with Crippen molar-refractivity contribution in [2.24, 2.45) is 10.7 Å². The molecule has 0 saturated heterocycles. The minimum Gasteiger partial charge on any atom is -0.497 e. The zero-order chi connectivity index (χ0) is 16.7. The molecule has 3 N–H and O–H groups in total. The third-order valence-electron chi connectivity index (χ3n) is 3.64. The molecule has 0 aromatic heterocycles. The van der Waals surface area contributed by atoms with Crippen LogP contribution in [0.4, 0.5) is 5.69 Å². The molecule has 0 aliphatic carbocycles. The average molecular weight is 311 g/mol. The van der Waals surface area contributed by atoms with E-state index in [1.807, 2.05) is 30.3 Å². The summed E-state index contributed by atoms with van der Waals surface area (Å²) >= 11 is 0. The van der Waals surface area contributed by atoms with Gasteiger partial charge in [0.15, 0.2) is 5.96 Å². The number of benzene rings is 2. The second-order valence-electron chi connectivity index (χ2n) is 5.77. The van der Waals surface area contributed by atoms with Gasteiger partial charge in [0, 0.05) is 12.2 Å². The average Bonchev–Trinajstić information content (AvgIpc) is 2.55. The number of nitrogens with two attached hydrogens (primary N) is 1. The summed E-state index contributed by atoms with van der Waals surface area (Å²) < 4.78 is 5.22. The van der Waals surface area contributed by atoms with E-state index in [4.69, 9.17) is 10.5 Å². The Kier molecular flexibility index (Phi) is 6.03. The van der Waals surface area contributed by atoms with E-state index in [-0.39, 0.29) is 0 Å². The fourth-order valence-electron chi connectivity index (χ4n) is 2.30. The summed E-state index contributed by atoms with van der Waals surface area (Å²) in [4.78, 5) is 4.39. The van der Waals surface area contributed by atoms with Gasteiger partial charge in [0.05, 0.1) is 7.11 Å². The highest BCUT2D eigenvalue weighted by Crippen LogP contribution is 2.18. The Labute approximate surface area is 138 Å². The second kappa shape index (κ2) is 8.22. The van der Waals surface area contributed by atoms with E-state index < -0.39 is 0 Å². The molecule has 2 rings (SSSR count). The predicted molar refractivity (Wildman–Crippen MR) is 97.3 cm³/mol. The standard InChI is InChI=1S/C19H25N3O/c1-14(2)16-7-5-8-17(13-16)22-19(20)21-11-10-15-6-4-9-18(12-15)23-3/h4-9,12-14H,10-11H2,1-3H3,(H3,20,21,22). The van der Waals surface area contributed by atoms with Gasteiger partial charge in [-0.25, -0.2) is 0 Å². The molecule has 0 aliphatic rings. The molecule has 0 saturated carbocycles. The van der Waals surface area contributed by atoms with Crippen molar-refractivity contribution < 1.29 is 4.74 Å². The van der Waals surface area contributed by atoms with Crippen LogP contribution in [-0.4, -0.2) is 19.6 Å². The van der Waals surface area contributed by atoms with Gasteiger partial charge < -0.3 is 15.8 Å². The fraction of sp³-hybridized carbons (Fsp3) is 0.316. The highest BCUT2D eigenvalue weighted by Gasteiger charge is 2.01. The maximum atomic E-state index is 5.97. The highest BCUT2D eigenvalue weighted by molar-refractivity contribution is 5.92. The number of methoxy groups -OCH3 is 1. The van der Waals surface area contributed by atoms with Gasteiger partial charge in [-0.2, -0.15) is 0 Å². The van der Waals surface area contributed by atoms with E-state index in [1.165, 1.54) is 11.1 Å². The van der Waals surface area contributed by atoms with Gasteiger partial charge in [-0.15, -0.1) is 0 Å². The quantitative estimate of drug-likeness (QED) is 0.630. The molecule has 0 heterocycles. The number of hydrogen-bond donors (Lipinski definition) is 2. The summed E-state index contributed by atoms with van der Waals surface area (Å²) in [6.45, 7) is 4.98. The Hall–Kier alpha value is -2.49. The number of nitrogens with one attached hydrogen (secondary N) is 1. The van der Waals surface area contributed by atoms with Crippen LogP contribution in [0.1, 0.15) is 30.9 Å².